The number of anilines is 1. The molecule has 7 nitrogen and oxygen atoms in total. The number of H-pyrrole nitrogens is 1. The molecule has 176 valence electrons. The number of pyridine rings is 1. The molecule has 0 aliphatic heterocycles. The highest BCUT2D eigenvalue weighted by atomic mass is 16.7. The molecule has 1 heterocycles. The Balaban J connectivity index is 2.68. The third-order valence-electron chi connectivity index (χ3n) is 5.15. The van der Waals surface area contributed by atoms with Crippen molar-refractivity contribution in [2.75, 3.05) is 12.4 Å². The van der Waals surface area contributed by atoms with Crippen LogP contribution in [-0.2, 0) is 15.6 Å². The van der Waals surface area contributed by atoms with Crippen LogP contribution in [0.4, 0.5) is 10.5 Å². The number of ether oxygens (including phenoxy) is 2. The second-order valence-electron chi connectivity index (χ2n) is 9.67. The Kier molecular flexibility index (Phi) is 7.37. The second-order valence-corrected chi connectivity index (χ2v) is 9.67. The lowest BCUT2D eigenvalue weighted by Crippen LogP contribution is -2.26. The summed E-state index contributed by atoms with van der Waals surface area (Å²) in [5.74, 6) is -0.340. The largest absolute Gasteiger partial charge is 0.513 e. The van der Waals surface area contributed by atoms with Crippen LogP contribution in [0.15, 0.2) is 36.3 Å². The van der Waals surface area contributed by atoms with Crippen molar-refractivity contribution in [1.29, 1.82) is 0 Å². The van der Waals surface area contributed by atoms with Gasteiger partial charge in [0, 0.05) is 34.8 Å². The first-order valence-corrected chi connectivity index (χ1v) is 10.5. The number of carbonyl (C=O) groups is 2. The molecule has 0 unspecified atom stereocenters. The van der Waals surface area contributed by atoms with Gasteiger partial charge in [-0.1, -0.05) is 60.8 Å². The van der Waals surface area contributed by atoms with Crippen LogP contribution in [0.2, 0.25) is 0 Å². The average molecular weight is 453 g/mol. The zero-order chi connectivity index (χ0) is 25.1. The van der Waals surface area contributed by atoms with E-state index in [0.717, 1.165) is 11.1 Å². The maximum atomic E-state index is 13.1. The van der Waals surface area contributed by atoms with Crippen molar-refractivity contribution in [3.05, 3.63) is 69.7 Å². The fourth-order valence-electron chi connectivity index (χ4n) is 3.40. The van der Waals surface area contributed by atoms with Crippen molar-refractivity contribution in [3.63, 3.8) is 0 Å². The quantitative estimate of drug-likeness (QED) is 0.451. The molecule has 0 fully saturated rings. The number of nitrogens with one attached hydrogen (secondary N) is 2. The zero-order valence-corrected chi connectivity index (χ0v) is 20.3. The number of amides is 1. The third-order valence-corrected chi connectivity index (χ3v) is 5.15. The van der Waals surface area contributed by atoms with E-state index in [1.807, 2.05) is 47.6 Å². The van der Waals surface area contributed by atoms with Gasteiger partial charge in [-0.25, -0.2) is 4.79 Å². The fraction of sp³-hybridized carbons (Fsp3) is 0.346. The number of rotatable bonds is 5. The first-order valence-electron chi connectivity index (χ1n) is 10.5. The van der Waals surface area contributed by atoms with Gasteiger partial charge >= 0.3 is 6.16 Å². The van der Waals surface area contributed by atoms with E-state index in [2.05, 4.69) is 28.2 Å². The van der Waals surface area contributed by atoms with E-state index in [0.29, 0.717) is 11.4 Å². The van der Waals surface area contributed by atoms with E-state index in [4.69, 9.17) is 4.74 Å². The van der Waals surface area contributed by atoms with Crippen molar-refractivity contribution < 1.29 is 19.1 Å². The van der Waals surface area contributed by atoms with Crippen molar-refractivity contribution in [3.8, 4) is 5.75 Å². The molecule has 1 aromatic heterocycles. The first-order chi connectivity index (χ1) is 15.2. The number of hydrogen-bond donors (Lipinski definition) is 2. The molecule has 0 bridgehead atoms. The molecule has 0 aliphatic carbocycles. The maximum absolute atomic E-state index is 13.1. The third kappa shape index (κ3) is 5.61. The summed E-state index contributed by atoms with van der Waals surface area (Å²) in [5.41, 5.74) is 1.49. The Morgan fingerprint density at radius 1 is 1.00 bits per heavy atom. The van der Waals surface area contributed by atoms with Crippen molar-refractivity contribution >= 4 is 29.9 Å². The van der Waals surface area contributed by atoms with Crippen LogP contribution in [0, 0.1) is 0 Å². The van der Waals surface area contributed by atoms with E-state index in [-0.39, 0.29) is 27.7 Å². The second kappa shape index (κ2) is 9.48. The molecule has 2 N–H and O–H groups in total. The molecule has 0 spiro atoms. The van der Waals surface area contributed by atoms with Gasteiger partial charge in [0.1, 0.15) is 11.3 Å². The van der Waals surface area contributed by atoms with E-state index in [1.54, 1.807) is 6.07 Å². The van der Waals surface area contributed by atoms with E-state index in [9.17, 15) is 14.4 Å². The fourth-order valence-corrected chi connectivity index (χ4v) is 3.40. The highest BCUT2D eigenvalue weighted by Crippen LogP contribution is 2.40. The summed E-state index contributed by atoms with van der Waals surface area (Å²) in [6.07, 6.45) is 3.34. The van der Waals surface area contributed by atoms with Crippen LogP contribution < -0.4 is 15.5 Å². The molecular formula is C26H32N2O5. The van der Waals surface area contributed by atoms with Crippen LogP contribution in [0.5, 0.6) is 5.75 Å². The smallest absolute Gasteiger partial charge is 0.437 e. The number of methoxy groups -OCH3 is 1. The van der Waals surface area contributed by atoms with Crippen LogP contribution in [-0.4, -0.2) is 24.2 Å². The summed E-state index contributed by atoms with van der Waals surface area (Å²) in [6.45, 7) is 19.3. The highest BCUT2D eigenvalue weighted by molar-refractivity contribution is 6.05. The van der Waals surface area contributed by atoms with Crippen LogP contribution in [0.25, 0.3) is 12.2 Å². The van der Waals surface area contributed by atoms with Gasteiger partial charge in [-0.15, -0.1) is 0 Å². The number of benzene rings is 1. The SMILES string of the molecule is C=Cc1[nH]cc(C(=O)Nc2cc(OC(=O)OC)c(C(C)(C)C)cc2C(C)(C)C)c(=O)c1C=C. The first kappa shape index (κ1) is 25.6. The Hall–Kier alpha value is -3.61. The molecule has 33 heavy (non-hydrogen) atoms. The topological polar surface area (TPSA) is 97.5 Å². The van der Waals surface area contributed by atoms with Gasteiger partial charge in [-0.05, 0) is 28.5 Å². The Morgan fingerprint density at radius 2 is 1.61 bits per heavy atom. The maximum Gasteiger partial charge on any atom is 0.513 e. The Morgan fingerprint density at radius 3 is 2.09 bits per heavy atom. The number of aromatic amines is 1. The summed E-state index contributed by atoms with van der Waals surface area (Å²) in [6, 6.07) is 3.50. The zero-order valence-electron chi connectivity index (χ0n) is 20.3. The average Bonchev–Trinajstić information content (AvgIpc) is 2.71. The minimum absolute atomic E-state index is 0.0781. The number of carbonyl (C=O) groups excluding carboxylic acids is 2. The summed E-state index contributed by atoms with van der Waals surface area (Å²) in [4.78, 5) is 40.7. The Bertz CT molecular complexity index is 1160. The van der Waals surface area contributed by atoms with Crippen LogP contribution >= 0.6 is 0 Å². The lowest BCUT2D eigenvalue weighted by atomic mass is 9.79. The van der Waals surface area contributed by atoms with Gasteiger partial charge in [-0.3, -0.25) is 9.59 Å². The van der Waals surface area contributed by atoms with Crippen molar-refractivity contribution in [2.24, 2.45) is 0 Å². The van der Waals surface area contributed by atoms with Crippen LogP contribution in [0.3, 0.4) is 0 Å². The van der Waals surface area contributed by atoms with Gasteiger partial charge in [-0.2, -0.15) is 0 Å². The van der Waals surface area contributed by atoms with E-state index in [1.165, 1.54) is 25.5 Å². The molecular weight excluding hydrogens is 420 g/mol. The lowest BCUT2D eigenvalue weighted by molar-refractivity contribution is 0.102. The lowest BCUT2D eigenvalue weighted by Gasteiger charge is -2.29. The molecule has 0 radical (unpaired) electrons. The van der Waals surface area contributed by atoms with Gasteiger partial charge in [0.25, 0.3) is 5.91 Å². The standard InChI is InChI=1S/C26H32N2O5/c1-10-15-19(11-2)27-14-16(22(15)29)23(30)28-20-13-21(33-24(31)32-9)18(26(6,7)8)12-17(20)25(3,4)5/h10-14H,1-2H2,3-9H3,(H,27,29)(H,28,30). The van der Waals surface area contributed by atoms with Crippen molar-refractivity contribution in [1.82, 2.24) is 4.98 Å². The summed E-state index contributed by atoms with van der Waals surface area (Å²) >= 11 is 0. The molecule has 0 aliphatic rings. The molecule has 2 aromatic rings. The highest BCUT2D eigenvalue weighted by Gasteiger charge is 2.28. The van der Waals surface area contributed by atoms with Gasteiger partial charge in [0.2, 0.25) is 5.43 Å². The van der Waals surface area contributed by atoms with Gasteiger partial charge < -0.3 is 19.8 Å². The number of aromatic nitrogens is 1. The molecule has 0 saturated carbocycles. The van der Waals surface area contributed by atoms with E-state index >= 15 is 0 Å². The van der Waals surface area contributed by atoms with Gasteiger partial charge in [0.05, 0.1) is 7.11 Å². The summed E-state index contributed by atoms with van der Waals surface area (Å²) < 4.78 is 10.1. The predicted molar refractivity (Wildman–Crippen MR) is 132 cm³/mol. The molecule has 0 atom stereocenters. The predicted octanol–water partition coefficient (Wildman–Crippen LogP) is 5.65. The van der Waals surface area contributed by atoms with Crippen LogP contribution in [0.1, 0.15) is 74.3 Å². The monoisotopic (exact) mass is 452 g/mol. The molecule has 1 aromatic carbocycles. The minimum atomic E-state index is -0.867. The van der Waals surface area contributed by atoms with E-state index < -0.39 is 17.5 Å². The number of hydrogen-bond acceptors (Lipinski definition) is 5. The minimum Gasteiger partial charge on any atom is -0.437 e. The molecule has 2 rings (SSSR count). The summed E-state index contributed by atoms with van der Waals surface area (Å²) in [5, 5.41) is 2.82. The Labute approximate surface area is 194 Å². The normalized spacial score (nSPS) is 11.5. The molecule has 1 amide bonds. The molecule has 7 heteroatoms. The molecule has 0 saturated heterocycles. The van der Waals surface area contributed by atoms with Crippen molar-refractivity contribution in [2.45, 2.75) is 52.4 Å². The summed E-state index contributed by atoms with van der Waals surface area (Å²) in [7, 11) is 1.22. The van der Waals surface area contributed by atoms with Gasteiger partial charge in [0.15, 0.2) is 0 Å².